The number of nitriles is 2. The molecule has 0 aliphatic carbocycles. The van der Waals surface area contributed by atoms with Gasteiger partial charge in [-0.1, -0.05) is 91.0 Å². The summed E-state index contributed by atoms with van der Waals surface area (Å²) in [6, 6.07) is 55.5. The number of hydrogen-bond acceptors (Lipinski definition) is 2. The monoisotopic (exact) mass is 635 g/mol. The van der Waals surface area contributed by atoms with Gasteiger partial charge < -0.3 is 9.13 Å². The molecule has 5 nitrogen and oxygen atoms in total. The Morgan fingerprint density at radius 2 is 1.06 bits per heavy atom. The molecule has 5 heteroatoms. The Morgan fingerprint density at radius 1 is 0.460 bits per heavy atom. The summed E-state index contributed by atoms with van der Waals surface area (Å²) >= 11 is 0. The predicted octanol–water partition coefficient (Wildman–Crippen LogP) is 11.5. The van der Waals surface area contributed by atoms with Crippen molar-refractivity contribution in [3.05, 3.63) is 174 Å². The predicted molar refractivity (Wildman–Crippen MR) is 202 cm³/mol. The second kappa shape index (κ2) is 11.4. The van der Waals surface area contributed by atoms with Gasteiger partial charge in [-0.2, -0.15) is 10.5 Å². The van der Waals surface area contributed by atoms with Crippen molar-refractivity contribution in [2.24, 2.45) is 0 Å². The Bertz CT molecular complexity index is 2920. The SMILES string of the molecule is [C-]#[N+]c1ccc2c(c1)c1ccccc1n2-c1ccccc1-c1ccc(-c2cc(-n3c4ccccc4c4ccccc43)ccc2C#N)cc1C#N. The number of rotatable bonds is 4. The fourth-order valence-corrected chi connectivity index (χ4v) is 7.43. The maximum atomic E-state index is 10.6. The van der Waals surface area contributed by atoms with Crippen molar-refractivity contribution < 1.29 is 0 Å². The van der Waals surface area contributed by atoms with Crippen LogP contribution in [0.2, 0.25) is 0 Å². The van der Waals surface area contributed by atoms with E-state index in [1.165, 1.54) is 10.8 Å². The van der Waals surface area contributed by atoms with Gasteiger partial charge in [0.15, 0.2) is 5.69 Å². The van der Waals surface area contributed by atoms with Gasteiger partial charge >= 0.3 is 0 Å². The van der Waals surface area contributed by atoms with E-state index in [2.05, 4.69) is 86.8 Å². The maximum Gasteiger partial charge on any atom is 0.188 e. The summed E-state index contributed by atoms with van der Waals surface area (Å²) in [7, 11) is 0. The smallest absolute Gasteiger partial charge is 0.188 e. The van der Waals surface area contributed by atoms with Crippen LogP contribution in [-0.4, -0.2) is 9.13 Å². The molecule has 230 valence electrons. The molecule has 0 bridgehead atoms. The normalized spacial score (nSPS) is 11.1. The number of hydrogen-bond donors (Lipinski definition) is 0. The zero-order valence-electron chi connectivity index (χ0n) is 26.7. The van der Waals surface area contributed by atoms with E-state index in [0.29, 0.717) is 16.8 Å². The summed E-state index contributed by atoms with van der Waals surface area (Å²) < 4.78 is 4.45. The van der Waals surface area contributed by atoms with Gasteiger partial charge in [-0.3, -0.25) is 0 Å². The van der Waals surface area contributed by atoms with Crippen LogP contribution in [0.1, 0.15) is 11.1 Å². The zero-order valence-corrected chi connectivity index (χ0v) is 26.7. The molecule has 9 rings (SSSR count). The number of para-hydroxylation sites is 4. The molecule has 0 spiro atoms. The molecule has 2 heterocycles. The highest BCUT2D eigenvalue weighted by molar-refractivity contribution is 6.11. The molecule has 2 aromatic heterocycles. The van der Waals surface area contributed by atoms with E-state index in [-0.39, 0.29) is 0 Å². The van der Waals surface area contributed by atoms with Gasteiger partial charge in [0.25, 0.3) is 0 Å². The van der Waals surface area contributed by atoms with Crippen LogP contribution in [0.5, 0.6) is 0 Å². The summed E-state index contributed by atoms with van der Waals surface area (Å²) in [5, 5.41) is 25.2. The van der Waals surface area contributed by atoms with Gasteiger partial charge in [-0.05, 0) is 71.6 Å². The summed E-state index contributed by atoms with van der Waals surface area (Å²) in [6.45, 7) is 7.57. The molecular formula is C45H25N5. The first-order valence-corrected chi connectivity index (χ1v) is 16.3. The quantitative estimate of drug-likeness (QED) is 0.181. The molecule has 9 aromatic rings. The molecule has 0 saturated heterocycles. The Balaban J connectivity index is 1.22. The fraction of sp³-hybridized carbons (Fsp3) is 0. The Labute approximate surface area is 288 Å². The van der Waals surface area contributed by atoms with Crippen LogP contribution in [0.4, 0.5) is 5.69 Å². The average Bonchev–Trinajstić information content (AvgIpc) is 3.70. The summed E-state index contributed by atoms with van der Waals surface area (Å²) in [5.41, 5.74) is 11.0. The van der Waals surface area contributed by atoms with Crippen molar-refractivity contribution in [3.8, 4) is 45.8 Å². The minimum absolute atomic E-state index is 0.511. The van der Waals surface area contributed by atoms with Crippen molar-refractivity contribution in [3.63, 3.8) is 0 Å². The molecule has 50 heavy (non-hydrogen) atoms. The molecule has 7 aromatic carbocycles. The van der Waals surface area contributed by atoms with E-state index in [1.54, 1.807) is 0 Å². The molecule has 0 fully saturated rings. The van der Waals surface area contributed by atoms with Crippen LogP contribution in [0, 0.1) is 29.2 Å². The lowest BCUT2D eigenvalue weighted by Crippen LogP contribution is -1.99. The summed E-state index contributed by atoms with van der Waals surface area (Å²) in [6.07, 6.45) is 0. The number of aromatic nitrogens is 2. The molecule has 0 atom stereocenters. The second-order valence-electron chi connectivity index (χ2n) is 12.3. The standard InChI is InChI=1S/C45H25N5/c1-48-32-20-23-45-40(25-32)38-13-5-9-17-44(38)50(45)43-16-8-2-10-35(43)34-22-19-29(24-31(34)28-47)39-26-33(21-18-30(39)27-46)49-41-14-6-3-11-36(41)37-12-4-7-15-42(37)49/h2-26H. The Hall–Kier alpha value is -7.39. The van der Waals surface area contributed by atoms with E-state index in [1.807, 2.05) is 91.0 Å². The van der Waals surface area contributed by atoms with Gasteiger partial charge in [0.2, 0.25) is 0 Å². The first-order valence-electron chi connectivity index (χ1n) is 16.3. The third kappa shape index (κ3) is 4.31. The summed E-state index contributed by atoms with van der Waals surface area (Å²) in [4.78, 5) is 3.67. The van der Waals surface area contributed by atoms with Gasteiger partial charge in [0, 0.05) is 38.5 Å². The molecule has 0 unspecified atom stereocenters. The third-order valence-electron chi connectivity index (χ3n) is 9.63. The first-order chi connectivity index (χ1) is 24.7. The lowest BCUT2D eigenvalue weighted by atomic mass is 9.92. The van der Waals surface area contributed by atoms with E-state index < -0.39 is 0 Å². The van der Waals surface area contributed by atoms with Crippen LogP contribution in [0.15, 0.2) is 152 Å². The van der Waals surface area contributed by atoms with Crippen LogP contribution in [0.3, 0.4) is 0 Å². The van der Waals surface area contributed by atoms with Crippen LogP contribution < -0.4 is 0 Å². The fourth-order valence-electron chi connectivity index (χ4n) is 7.43. The van der Waals surface area contributed by atoms with Crippen molar-refractivity contribution in [2.75, 3.05) is 0 Å². The minimum Gasteiger partial charge on any atom is -0.309 e. The average molecular weight is 636 g/mol. The van der Waals surface area contributed by atoms with Gasteiger partial charge in [-0.25, -0.2) is 4.85 Å². The summed E-state index contributed by atoms with van der Waals surface area (Å²) in [5.74, 6) is 0. The van der Waals surface area contributed by atoms with E-state index in [0.717, 1.165) is 66.5 Å². The lowest BCUT2D eigenvalue weighted by Gasteiger charge is -2.16. The zero-order chi connectivity index (χ0) is 33.8. The number of fused-ring (bicyclic) bond motifs is 6. The van der Waals surface area contributed by atoms with Crippen molar-refractivity contribution >= 4 is 49.3 Å². The van der Waals surface area contributed by atoms with Crippen molar-refractivity contribution in [1.29, 1.82) is 10.5 Å². The maximum absolute atomic E-state index is 10.6. The minimum atomic E-state index is 0.511. The van der Waals surface area contributed by atoms with Crippen molar-refractivity contribution in [1.82, 2.24) is 9.13 Å². The molecule has 0 aliphatic heterocycles. The van der Waals surface area contributed by atoms with Crippen LogP contribution in [0.25, 0.3) is 82.1 Å². The van der Waals surface area contributed by atoms with Gasteiger partial charge in [0.1, 0.15) is 0 Å². The molecule has 0 saturated carbocycles. The molecule has 0 N–H and O–H groups in total. The first kappa shape index (κ1) is 28.8. The van der Waals surface area contributed by atoms with E-state index in [4.69, 9.17) is 6.57 Å². The van der Waals surface area contributed by atoms with Gasteiger partial charge in [0.05, 0.1) is 57.6 Å². The largest absolute Gasteiger partial charge is 0.309 e. The third-order valence-corrected chi connectivity index (χ3v) is 9.63. The molecule has 0 radical (unpaired) electrons. The van der Waals surface area contributed by atoms with Crippen LogP contribution in [-0.2, 0) is 0 Å². The lowest BCUT2D eigenvalue weighted by molar-refractivity contribution is 1.18. The number of nitrogens with zero attached hydrogens (tertiary/aromatic N) is 5. The van der Waals surface area contributed by atoms with Crippen LogP contribution >= 0.6 is 0 Å². The van der Waals surface area contributed by atoms with Crippen molar-refractivity contribution in [2.45, 2.75) is 0 Å². The highest BCUT2D eigenvalue weighted by Gasteiger charge is 2.19. The Morgan fingerprint density at radius 3 is 1.74 bits per heavy atom. The Kier molecular flexibility index (Phi) is 6.56. The molecule has 0 aliphatic rings. The van der Waals surface area contributed by atoms with E-state index in [9.17, 15) is 10.5 Å². The molecule has 0 amide bonds. The van der Waals surface area contributed by atoms with Gasteiger partial charge in [-0.15, -0.1) is 0 Å². The number of benzene rings is 7. The topological polar surface area (TPSA) is 61.8 Å². The van der Waals surface area contributed by atoms with E-state index >= 15 is 0 Å². The highest BCUT2D eigenvalue weighted by atomic mass is 15.0. The highest BCUT2D eigenvalue weighted by Crippen LogP contribution is 2.40. The second-order valence-corrected chi connectivity index (χ2v) is 12.3. The molecular weight excluding hydrogens is 611 g/mol.